The monoisotopic (exact) mass is 416 g/mol. The highest BCUT2D eigenvalue weighted by Crippen LogP contribution is 2.26. The lowest BCUT2D eigenvalue weighted by atomic mass is 10.1. The van der Waals surface area contributed by atoms with Gasteiger partial charge in [-0.25, -0.2) is 4.68 Å². The first-order valence-electron chi connectivity index (χ1n) is 9.86. The van der Waals surface area contributed by atoms with Gasteiger partial charge >= 0.3 is 0 Å². The molecule has 6 heteroatoms. The van der Waals surface area contributed by atoms with E-state index in [1.165, 1.54) is 4.88 Å². The molecular formula is C24H24N4OS. The lowest BCUT2D eigenvalue weighted by Gasteiger charge is -2.18. The third-order valence-electron chi connectivity index (χ3n) is 4.98. The average molecular weight is 417 g/mol. The molecule has 0 aliphatic rings. The minimum absolute atomic E-state index is 0.0221. The maximum Gasteiger partial charge on any atom is 0.238 e. The molecule has 2 N–H and O–H groups in total. The second kappa shape index (κ2) is 9.07. The van der Waals surface area contributed by atoms with Crippen LogP contribution in [0.2, 0.25) is 0 Å². The van der Waals surface area contributed by atoms with Crippen LogP contribution in [0.4, 0.5) is 5.69 Å². The van der Waals surface area contributed by atoms with Crippen molar-refractivity contribution >= 4 is 22.9 Å². The Labute approximate surface area is 180 Å². The fraction of sp³-hybridized carbons (Fsp3) is 0.167. The standard InChI is InChI=1S/C24H24N4OS/c1-17-23(18(2)28(27-17)20-12-7-4-8-13-20)26-22(29)16-25-24(21-14-9-15-30-21)19-10-5-3-6-11-19/h3-15,24-25H,16H2,1-2H3,(H,26,29)/t24-/m1/s1. The summed E-state index contributed by atoms with van der Waals surface area (Å²) in [6, 6.07) is 24.2. The van der Waals surface area contributed by atoms with Crippen LogP contribution in [-0.2, 0) is 4.79 Å². The Morgan fingerprint density at radius 2 is 1.70 bits per heavy atom. The van der Waals surface area contributed by atoms with E-state index >= 15 is 0 Å². The van der Waals surface area contributed by atoms with E-state index < -0.39 is 0 Å². The molecule has 0 spiro atoms. The number of hydrogen-bond donors (Lipinski definition) is 2. The Balaban J connectivity index is 1.48. The number of anilines is 1. The van der Waals surface area contributed by atoms with Crippen LogP contribution in [0.25, 0.3) is 5.69 Å². The lowest BCUT2D eigenvalue weighted by Crippen LogP contribution is -2.31. The third kappa shape index (κ3) is 4.35. The number of nitrogens with zero attached hydrogens (tertiary/aromatic N) is 2. The summed E-state index contributed by atoms with van der Waals surface area (Å²) >= 11 is 1.68. The van der Waals surface area contributed by atoms with Gasteiger partial charge in [0.1, 0.15) is 0 Å². The third-order valence-corrected chi connectivity index (χ3v) is 5.92. The zero-order chi connectivity index (χ0) is 20.9. The highest BCUT2D eigenvalue weighted by atomic mass is 32.1. The average Bonchev–Trinajstić information content (AvgIpc) is 3.40. The number of amides is 1. The Morgan fingerprint density at radius 3 is 2.37 bits per heavy atom. The second-order valence-corrected chi connectivity index (χ2v) is 8.06. The summed E-state index contributed by atoms with van der Waals surface area (Å²) < 4.78 is 1.86. The first kappa shape index (κ1) is 20.1. The molecule has 0 aliphatic heterocycles. The predicted molar refractivity (Wildman–Crippen MR) is 122 cm³/mol. The van der Waals surface area contributed by atoms with Crippen molar-refractivity contribution < 1.29 is 4.79 Å². The van der Waals surface area contributed by atoms with Crippen molar-refractivity contribution in [1.29, 1.82) is 0 Å². The van der Waals surface area contributed by atoms with E-state index in [1.54, 1.807) is 11.3 Å². The van der Waals surface area contributed by atoms with Gasteiger partial charge in [-0.05, 0) is 43.0 Å². The van der Waals surface area contributed by atoms with Crippen LogP contribution in [0.15, 0.2) is 78.2 Å². The number of aromatic nitrogens is 2. The number of hydrogen-bond acceptors (Lipinski definition) is 4. The molecule has 152 valence electrons. The lowest BCUT2D eigenvalue weighted by molar-refractivity contribution is -0.115. The number of rotatable bonds is 7. The van der Waals surface area contributed by atoms with E-state index in [0.717, 1.165) is 28.3 Å². The van der Waals surface area contributed by atoms with Crippen molar-refractivity contribution in [3.63, 3.8) is 0 Å². The Bertz CT molecular complexity index is 1110. The van der Waals surface area contributed by atoms with Crippen molar-refractivity contribution in [2.24, 2.45) is 0 Å². The summed E-state index contributed by atoms with van der Waals surface area (Å²) in [7, 11) is 0. The van der Waals surface area contributed by atoms with Crippen LogP contribution in [0.3, 0.4) is 0 Å². The summed E-state index contributed by atoms with van der Waals surface area (Å²) in [5, 5.41) is 13.1. The van der Waals surface area contributed by atoms with Crippen molar-refractivity contribution in [2.45, 2.75) is 19.9 Å². The van der Waals surface area contributed by atoms with Gasteiger partial charge in [-0.15, -0.1) is 11.3 Å². The van der Waals surface area contributed by atoms with E-state index in [4.69, 9.17) is 0 Å². The van der Waals surface area contributed by atoms with Gasteiger partial charge in [-0.1, -0.05) is 54.6 Å². The van der Waals surface area contributed by atoms with Crippen LogP contribution in [0.1, 0.15) is 27.9 Å². The molecule has 4 aromatic rings. The molecule has 30 heavy (non-hydrogen) atoms. The van der Waals surface area contributed by atoms with E-state index in [0.29, 0.717) is 0 Å². The SMILES string of the molecule is Cc1nn(-c2ccccc2)c(C)c1NC(=O)CN[C@H](c1ccccc1)c1cccs1. The smallest absolute Gasteiger partial charge is 0.238 e. The summed E-state index contributed by atoms with van der Waals surface area (Å²) in [6.07, 6.45) is 0. The van der Waals surface area contributed by atoms with Gasteiger partial charge in [-0.2, -0.15) is 5.10 Å². The van der Waals surface area contributed by atoms with Crippen molar-refractivity contribution in [3.8, 4) is 5.69 Å². The number of nitrogens with one attached hydrogen (secondary N) is 2. The molecule has 0 bridgehead atoms. The number of para-hydroxylation sites is 1. The van der Waals surface area contributed by atoms with Gasteiger partial charge in [0.05, 0.1) is 35.3 Å². The molecule has 2 aromatic carbocycles. The maximum absolute atomic E-state index is 12.8. The topological polar surface area (TPSA) is 59.0 Å². The van der Waals surface area contributed by atoms with Gasteiger partial charge in [-0.3, -0.25) is 10.1 Å². The second-order valence-electron chi connectivity index (χ2n) is 7.08. The normalized spacial score (nSPS) is 11.9. The molecule has 0 fully saturated rings. The summed E-state index contributed by atoms with van der Waals surface area (Å²) in [4.78, 5) is 13.9. The fourth-order valence-corrected chi connectivity index (χ4v) is 4.33. The molecule has 0 saturated heterocycles. The summed E-state index contributed by atoms with van der Waals surface area (Å²) in [5.41, 5.74) is 4.57. The maximum atomic E-state index is 12.8. The van der Waals surface area contributed by atoms with Crippen molar-refractivity contribution in [2.75, 3.05) is 11.9 Å². The predicted octanol–water partition coefficient (Wildman–Crippen LogP) is 4.87. The van der Waals surface area contributed by atoms with E-state index in [2.05, 4.69) is 39.3 Å². The van der Waals surface area contributed by atoms with E-state index in [9.17, 15) is 4.79 Å². The zero-order valence-corrected chi connectivity index (χ0v) is 17.8. The number of carbonyl (C=O) groups excluding carboxylic acids is 1. The summed E-state index contributed by atoms with van der Waals surface area (Å²) in [5.74, 6) is -0.0914. The molecule has 0 unspecified atom stereocenters. The molecule has 0 aliphatic carbocycles. The first-order chi connectivity index (χ1) is 14.6. The molecule has 2 heterocycles. The number of benzene rings is 2. The molecule has 4 rings (SSSR count). The number of carbonyl (C=O) groups is 1. The molecule has 2 aromatic heterocycles. The van der Waals surface area contributed by atoms with E-state index in [-0.39, 0.29) is 18.5 Å². The molecule has 0 radical (unpaired) electrons. The minimum atomic E-state index is -0.0914. The first-order valence-corrected chi connectivity index (χ1v) is 10.7. The largest absolute Gasteiger partial charge is 0.322 e. The Hall–Kier alpha value is -3.22. The fourth-order valence-electron chi connectivity index (χ4n) is 3.51. The molecule has 1 amide bonds. The van der Waals surface area contributed by atoms with E-state index in [1.807, 2.05) is 73.1 Å². The van der Waals surface area contributed by atoms with Crippen molar-refractivity contribution in [3.05, 3.63) is 100 Å². The molecule has 5 nitrogen and oxygen atoms in total. The molecule has 1 atom stereocenters. The van der Waals surface area contributed by atoms with Gasteiger partial charge in [0.25, 0.3) is 0 Å². The van der Waals surface area contributed by atoms with Crippen LogP contribution < -0.4 is 10.6 Å². The van der Waals surface area contributed by atoms with Gasteiger partial charge in [0.2, 0.25) is 5.91 Å². The van der Waals surface area contributed by atoms with Gasteiger partial charge < -0.3 is 5.32 Å². The zero-order valence-electron chi connectivity index (χ0n) is 17.0. The highest BCUT2D eigenvalue weighted by molar-refractivity contribution is 7.10. The minimum Gasteiger partial charge on any atom is -0.322 e. The molecular weight excluding hydrogens is 392 g/mol. The van der Waals surface area contributed by atoms with Crippen LogP contribution >= 0.6 is 11.3 Å². The quantitative estimate of drug-likeness (QED) is 0.452. The van der Waals surface area contributed by atoms with Gasteiger partial charge in [0.15, 0.2) is 0 Å². The number of aryl methyl sites for hydroxylation is 1. The molecule has 0 saturated carbocycles. The Kier molecular flexibility index (Phi) is 6.07. The summed E-state index contributed by atoms with van der Waals surface area (Å²) in [6.45, 7) is 4.08. The highest BCUT2D eigenvalue weighted by Gasteiger charge is 2.18. The van der Waals surface area contributed by atoms with Crippen LogP contribution in [0.5, 0.6) is 0 Å². The number of thiophene rings is 1. The van der Waals surface area contributed by atoms with Crippen molar-refractivity contribution in [1.82, 2.24) is 15.1 Å². The van der Waals surface area contributed by atoms with Crippen LogP contribution in [0, 0.1) is 13.8 Å². The Morgan fingerprint density at radius 1 is 1.00 bits per heavy atom. The van der Waals surface area contributed by atoms with Gasteiger partial charge in [0, 0.05) is 4.88 Å². The van der Waals surface area contributed by atoms with Crippen LogP contribution in [-0.4, -0.2) is 22.2 Å².